The van der Waals surface area contributed by atoms with Crippen molar-refractivity contribution in [3.8, 4) is 22.8 Å². The first kappa shape index (κ1) is 13.3. The van der Waals surface area contributed by atoms with Crippen LogP contribution in [-0.2, 0) is 6.42 Å². The van der Waals surface area contributed by atoms with Crippen molar-refractivity contribution in [2.75, 3.05) is 0 Å². The normalized spacial score (nSPS) is 12.3. The van der Waals surface area contributed by atoms with Crippen molar-refractivity contribution in [1.82, 2.24) is 4.98 Å². The standard InChI is InChI=1S/C22H15NO/c1-3-8-17-15(6-1)12-13-23-22(17)18-9-5-11-21-19(18)14-16-7-2-4-10-20(16)24-21/h1-13H,14H2. The molecule has 0 saturated carbocycles. The minimum atomic E-state index is 0.868. The zero-order valence-electron chi connectivity index (χ0n) is 13.1. The predicted molar refractivity (Wildman–Crippen MR) is 96.5 cm³/mol. The first-order chi connectivity index (χ1) is 11.9. The number of aromatic nitrogens is 1. The van der Waals surface area contributed by atoms with E-state index in [4.69, 9.17) is 4.74 Å². The molecular weight excluding hydrogens is 294 g/mol. The Morgan fingerprint density at radius 1 is 0.750 bits per heavy atom. The molecule has 4 aromatic rings. The second kappa shape index (κ2) is 5.20. The third-order valence-corrected chi connectivity index (χ3v) is 4.62. The van der Waals surface area contributed by atoms with E-state index in [9.17, 15) is 0 Å². The molecule has 2 heterocycles. The van der Waals surface area contributed by atoms with E-state index in [0.29, 0.717) is 0 Å². The lowest BCUT2D eigenvalue weighted by atomic mass is 9.92. The predicted octanol–water partition coefficient (Wildman–Crippen LogP) is 5.60. The van der Waals surface area contributed by atoms with Crippen LogP contribution in [0.4, 0.5) is 0 Å². The van der Waals surface area contributed by atoms with Gasteiger partial charge < -0.3 is 4.74 Å². The quantitative estimate of drug-likeness (QED) is 0.402. The highest BCUT2D eigenvalue weighted by molar-refractivity contribution is 5.95. The summed E-state index contributed by atoms with van der Waals surface area (Å²) >= 11 is 0. The van der Waals surface area contributed by atoms with Crippen LogP contribution in [0.1, 0.15) is 11.1 Å². The highest BCUT2D eigenvalue weighted by Gasteiger charge is 2.21. The van der Waals surface area contributed by atoms with E-state index in [0.717, 1.165) is 29.2 Å². The van der Waals surface area contributed by atoms with Gasteiger partial charge in [-0.25, -0.2) is 0 Å². The van der Waals surface area contributed by atoms with E-state index < -0.39 is 0 Å². The van der Waals surface area contributed by atoms with Crippen molar-refractivity contribution in [3.63, 3.8) is 0 Å². The summed E-state index contributed by atoms with van der Waals surface area (Å²) < 4.78 is 6.12. The zero-order valence-corrected chi connectivity index (χ0v) is 13.1. The number of para-hydroxylation sites is 1. The smallest absolute Gasteiger partial charge is 0.131 e. The van der Waals surface area contributed by atoms with Crippen molar-refractivity contribution in [2.45, 2.75) is 6.42 Å². The third-order valence-electron chi connectivity index (χ3n) is 4.62. The molecule has 0 saturated heterocycles. The summed E-state index contributed by atoms with van der Waals surface area (Å²) in [4.78, 5) is 4.69. The molecule has 0 N–H and O–H groups in total. The SMILES string of the molecule is c1ccc2c(c1)Cc1c(cccc1-c1nccc3ccccc13)O2. The second-order valence-electron chi connectivity index (χ2n) is 6.05. The van der Waals surface area contributed by atoms with E-state index in [1.165, 1.54) is 21.9 Å². The molecule has 0 atom stereocenters. The number of hydrogen-bond acceptors (Lipinski definition) is 2. The van der Waals surface area contributed by atoms with Crippen LogP contribution in [0.15, 0.2) is 79.0 Å². The monoisotopic (exact) mass is 309 g/mol. The molecule has 0 bridgehead atoms. The van der Waals surface area contributed by atoms with Gasteiger partial charge in [-0.3, -0.25) is 4.98 Å². The van der Waals surface area contributed by atoms with E-state index in [1.807, 2.05) is 30.5 Å². The average molecular weight is 309 g/mol. The minimum Gasteiger partial charge on any atom is -0.457 e. The molecule has 1 aliphatic heterocycles. The number of benzene rings is 3. The molecule has 0 amide bonds. The Hall–Kier alpha value is -3.13. The maximum atomic E-state index is 6.12. The first-order valence-electron chi connectivity index (χ1n) is 8.12. The molecule has 0 radical (unpaired) electrons. The molecular formula is C22H15NO. The van der Waals surface area contributed by atoms with E-state index in [-0.39, 0.29) is 0 Å². The van der Waals surface area contributed by atoms with E-state index in [2.05, 4.69) is 53.5 Å². The Kier molecular flexibility index (Phi) is 2.89. The minimum absolute atomic E-state index is 0.868. The Balaban J connectivity index is 1.74. The van der Waals surface area contributed by atoms with Gasteiger partial charge in [-0.15, -0.1) is 0 Å². The molecule has 2 heteroatoms. The lowest BCUT2D eigenvalue weighted by Crippen LogP contribution is -2.05. The van der Waals surface area contributed by atoms with Gasteiger partial charge in [-0.2, -0.15) is 0 Å². The van der Waals surface area contributed by atoms with Crippen molar-refractivity contribution < 1.29 is 4.74 Å². The van der Waals surface area contributed by atoms with Crippen LogP contribution in [0, 0.1) is 0 Å². The molecule has 0 unspecified atom stereocenters. The van der Waals surface area contributed by atoms with Crippen LogP contribution < -0.4 is 4.74 Å². The van der Waals surface area contributed by atoms with Crippen LogP contribution >= 0.6 is 0 Å². The van der Waals surface area contributed by atoms with Crippen LogP contribution in [0.2, 0.25) is 0 Å². The molecule has 2 nitrogen and oxygen atoms in total. The summed E-state index contributed by atoms with van der Waals surface area (Å²) in [6, 6.07) is 24.9. The topological polar surface area (TPSA) is 22.1 Å². The fourth-order valence-electron chi connectivity index (χ4n) is 3.46. The highest BCUT2D eigenvalue weighted by atomic mass is 16.5. The van der Waals surface area contributed by atoms with Gasteiger partial charge in [-0.1, -0.05) is 54.6 Å². The van der Waals surface area contributed by atoms with Gasteiger partial charge in [0.05, 0.1) is 5.69 Å². The summed E-state index contributed by atoms with van der Waals surface area (Å²) in [6.45, 7) is 0. The second-order valence-corrected chi connectivity index (χ2v) is 6.05. The van der Waals surface area contributed by atoms with Gasteiger partial charge in [0.1, 0.15) is 11.5 Å². The lowest BCUT2D eigenvalue weighted by molar-refractivity contribution is 0.460. The molecule has 0 spiro atoms. The van der Waals surface area contributed by atoms with Crippen molar-refractivity contribution in [3.05, 3.63) is 90.1 Å². The summed E-state index contributed by atoms with van der Waals surface area (Å²) in [5.74, 6) is 1.88. The fraction of sp³-hybridized carbons (Fsp3) is 0.0455. The third kappa shape index (κ3) is 2.00. The molecule has 1 aliphatic rings. The molecule has 0 aliphatic carbocycles. The molecule has 24 heavy (non-hydrogen) atoms. The van der Waals surface area contributed by atoms with Crippen molar-refractivity contribution in [2.24, 2.45) is 0 Å². The number of nitrogens with zero attached hydrogens (tertiary/aromatic N) is 1. The first-order valence-corrected chi connectivity index (χ1v) is 8.12. The largest absolute Gasteiger partial charge is 0.457 e. The summed E-state index contributed by atoms with van der Waals surface area (Å²) in [7, 11) is 0. The van der Waals surface area contributed by atoms with Gasteiger partial charge in [0.2, 0.25) is 0 Å². The maximum absolute atomic E-state index is 6.12. The molecule has 1 aromatic heterocycles. The Morgan fingerprint density at radius 3 is 2.58 bits per heavy atom. The molecule has 5 rings (SSSR count). The van der Waals surface area contributed by atoms with Gasteiger partial charge in [-0.05, 0) is 29.1 Å². The van der Waals surface area contributed by atoms with Crippen LogP contribution in [0.5, 0.6) is 11.5 Å². The Morgan fingerprint density at radius 2 is 1.58 bits per heavy atom. The van der Waals surface area contributed by atoms with Gasteiger partial charge >= 0.3 is 0 Å². The Bertz CT molecular complexity index is 1060. The van der Waals surface area contributed by atoms with Crippen LogP contribution in [-0.4, -0.2) is 4.98 Å². The van der Waals surface area contributed by atoms with Crippen molar-refractivity contribution >= 4 is 10.8 Å². The molecule has 3 aromatic carbocycles. The molecule has 114 valence electrons. The summed E-state index contributed by atoms with van der Waals surface area (Å²) in [5.41, 5.74) is 4.60. The van der Waals surface area contributed by atoms with Crippen LogP contribution in [0.25, 0.3) is 22.0 Å². The highest BCUT2D eigenvalue weighted by Crippen LogP contribution is 2.41. The average Bonchev–Trinajstić information content (AvgIpc) is 2.65. The van der Waals surface area contributed by atoms with Gasteiger partial charge in [0, 0.05) is 29.1 Å². The van der Waals surface area contributed by atoms with Gasteiger partial charge in [0.25, 0.3) is 0 Å². The van der Waals surface area contributed by atoms with Crippen molar-refractivity contribution in [1.29, 1.82) is 0 Å². The molecule has 0 fully saturated rings. The van der Waals surface area contributed by atoms with Gasteiger partial charge in [0.15, 0.2) is 0 Å². The number of rotatable bonds is 1. The Labute approximate surface area is 140 Å². The number of hydrogen-bond donors (Lipinski definition) is 0. The summed E-state index contributed by atoms with van der Waals surface area (Å²) in [6.07, 6.45) is 2.75. The number of ether oxygens (including phenoxy) is 1. The number of fused-ring (bicyclic) bond motifs is 3. The maximum Gasteiger partial charge on any atom is 0.131 e. The number of pyridine rings is 1. The summed E-state index contributed by atoms with van der Waals surface area (Å²) in [5, 5.41) is 2.38. The lowest BCUT2D eigenvalue weighted by Gasteiger charge is -2.22. The zero-order chi connectivity index (χ0) is 15.9. The van der Waals surface area contributed by atoms with E-state index in [1.54, 1.807) is 0 Å². The van der Waals surface area contributed by atoms with Crippen LogP contribution in [0.3, 0.4) is 0 Å². The fourth-order valence-corrected chi connectivity index (χ4v) is 3.46. The van der Waals surface area contributed by atoms with E-state index >= 15 is 0 Å².